The molecular weight excluding hydrogens is 232 g/mol. The summed E-state index contributed by atoms with van der Waals surface area (Å²) in [5.74, 6) is -0.633. The molecule has 0 amide bonds. The number of nitrogens with zero attached hydrogens (tertiary/aromatic N) is 1. The van der Waals surface area contributed by atoms with Gasteiger partial charge in [0.15, 0.2) is 0 Å². The monoisotopic (exact) mass is 245 g/mol. The quantitative estimate of drug-likeness (QED) is 0.780. The van der Waals surface area contributed by atoms with Crippen LogP contribution < -0.4 is 11.5 Å². The standard InChI is InChI=1S/C10H13F2N3O2/c1-2-17-7(16)3-6-8(10(11)12)9(14)5(13)4-15-6/h4,10H,2-3,13H2,1H3,(H2,14,15). The van der Waals surface area contributed by atoms with Gasteiger partial charge in [-0.2, -0.15) is 0 Å². The average Bonchev–Trinajstić information content (AvgIpc) is 2.23. The summed E-state index contributed by atoms with van der Waals surface area (Å²) < 4.78 is 30.2. The van der Waals surface area contributed by atoms with Gasteiger partial charge in [0.25, 0.3) is 6.43 Å². The molecule has 1 rings (SSSR count). The van der Waals surface area contributed by atoms with Gasteiger partial charge in [0.1, 0.15) is 0 Å². The van der Waals surface area contributed by atoms with Crippen LogP contribution in [0.25, 0.3) is 0 Å². The lowest BCUT2D eigenvalue weighted by molar-refractivity contribution is -0.142. The van der Waals surface area contributed by atoms with Crippen LogP contribution in [0.15, 0.2) is 6.20 Å². The first kappa shape index (κ1) is 13.1. The zero-order valence-electron chi connectivity index (χ0n) is 9.24. The highest BCUT2D eigenvalue weighted by Gasteiger charge is 2.21. The van der Waals surface area contributed by atoms with E-state index in [0.29, 0.717) is 0 Å². The van der Waals surface area contributed by atoms with Gasteiger partial charge in [-0.05, 0) is 6.92 Å². The Balaban J connectivity index is 3.07. The van der Waals surface area contributed by atoms with Crippen LogP contribution in [-0.4, -0.2) is 17.6 Å². The maximum absolute atomic E-state index is 12.8. The van der Waals surface area contributed by atoms with Crippen LogP contribution in [0.5, 0.6) is 0 Å². The number of nitrogens with two attached hydrogens (primary N) is 2. The number of hydrogen-bond donors (Lipinski definition) is 2. The fourth-order valence-electron chi connectivity index (χ4n) is 1.33. The second-order valence-corrected chi connectivity index (χ2v) is 3.27. The normalized spacial score (nSPS) is 10.6. The Morgan fingerprint density at radius 3 is 2.71 bits per heavy atom. The summed E-state index contributed by atoms with van der Waals surface area (Å²) in [6, 6.07) is 0. The molecular formula is C10H13F2N3O2. The van der Waals surface area contributed by atoms with E-state index >= 15 is 0 Å². The third-order valence-corrected chi connectivity index (χ3v) is 2.11. The fraction of sp³-hybridized carbons (Fsp3) is 0.400. The molecule has 0 unspecified atom stereocenters. The number of halogens is 2. The first-order valence-corrected chi connectivity index (χ1v) is 4.93. The predicted octanol–water partition coefficient (Wildman–Crippen LogP) is 1.29. The van der Waals surface area contributed by atoms with E-state index < -0.39 is 18.0 Å². The van der Waals surface area contributed by atoms with Crippen LogP contribution in [-0.2, 0) is 16.0 Å². The second-order valence-electron chi connectivity index (χ2n) is 3.27. The molecule has 0 saturated carbocycles. The van der Waals surface area contributed by atoms with Gasteiger partial charge in [-0.15, -0.1) is 0 Å². The Morgan fingerprint density at radius 1 is 1.53 bits per heavy atom. The number of carbonyl (C=O) groups excluding carboxylic acids is 1. The van der Waals surface area contributed by atoms with E-state index in [0.717, 1.165) is 6.20 Å². The number of hydrogen-bond acceptors (Lipinski definition) is 5. The molecule has 0 radical (unpaired) electrons. The number of carbonyl (C=O) groups is 1. The molecule has 1 heterocycles. The minimum atomic E-state index is -2.84. The Labute approximate surface area is 96.8 Å². The third kappa shape index (κ3) is 3.02. The summed E-state index contributed by atoms with van der Waals surface area (Å²) in [6.07, 6.45) is -2.04. The van der Waals surface area contributed by atoms with Crippen molar-refractivity contribution in [1.82, 2.24) is 4.98 Å². The molecule has 0 aliphatic heterocycles. The maximum Gasteiger partial charge on any atom is 0.311 e. The van der Waals surface area contributed by atoms with Crippen LogP contribution in [0, 0.1) is 0 Å². The lowest BCUT2D eigenvalue weighted by atomic mass is 10.1. The Hall–Kier alpha value is -1.92. The number of esters is 1. The molecule has 4 N–H and O–H groups in total. The molecule has 0 spiro atoms. The first-order chi connectivity index (χ1) is 7.97. The van der Waals surface area contributed by atoms with Crippen LogP contribution in [0.4, 0.5) is 20.2 Å². The minimum Gasteiger partial charge on any atom is -0.466 e. The zero-order chi connectivity index (χ0) is 13.0. The number of nitrogen functional groups attached to an aromatic ring is 2. The lowest BCUT2D eigenvalue weighted by Crippen LogP contribution is -2.13. The number of ether oxygens (including phenoxy) is 1. The molecule has 94 valence electrons. The van der Waals surface area contributed by atoms with Crippen molar-refractivity contribution in [1.29, 1.82) is 0 Å². The van der Waals surface area contributed by atoms with Gasteiger partial charge in [0, 0.05) is 0 Å². The van der Waals surface area contributed by atoms with E-state index in [1.165, 1.54) is 0 Å². The van der Waals surface area contributed by atoms with E-state index in [9.17, 15) is 13.6 Å². The number of alkyl halides is 2. The van der Waals surface area contributed by atoms with Gasteiger partial charge in [0.2, 0.25) is 0 Å². The molecule has 0 aliphatic rings. The molecule has 0 fully saturated rings. The number of aromatic nitrogens is 1. The van der Waals surface area contributed by atoms with Gasteiger partial charge in [-0.1, -0.05) is 0 Å². The molecule has 1 aromatic rings. The largest absolute Gasteiger partial charge is 0.466 e. The molecule has 0 bridgehead atoms. The summed E-state index contributed by atoms with van der Waals surface area (Å²) in [6.45, 7) is 1.80. The molecule has 17 heavy (non-hydrogen) atoms. The van der Waals surface area contributed by atoms with Crippen molar-refractivity contribution < 1.29 is 18.3 Å². The molecule has 5 nitrogen and oxygen atoms in total. The molecule has 0 aliphatic carbocycles. The summed E-state index contributed by atoms with van der Waals surface area (Å²) in [4.78, 5) is 14.9. The highest BCUT2D eigenvalue weighted by Crippen LogP contribution is 2.31. The van der Waals surface area contributed by atoms with Crippen LogP contribution in [0.1, 0.15) is 24.6 Å². The summed E-state index contributed by atoms with van der Waals surface area (Å²) in [5.41, 5.74) is 9.93. The van der Waals surface area contributed by atoms with Gasteiger partial charge < -0.3 is 16.2 Å². The van der Waals surface area contributed by atoms with Crippen molar-refractivity contribution in [3.8, 4) is 0 Å². The zero-order valence-corrected chi connectivity index (χ0v) is 9.24. The van der Waals surface area contributed by atoms with Crippen LogP contribution in [0.2, 0.25) is 0 Å². The van der Waals surface area contributed by atoms with E-state index in [4.69, 9.17) is 11.5 Å². The molecule has 1 aromatic heterocycles. The maximum atomic E-state index is 12.8. The smallest absolute Gasteiger partial charge is 0.311 e. The molecule has 0 aromatic carbocycles. The van der Waals surface area contributed by atoms with E-state index in [1.807, 2.05) is 0 Å². The van der Waals surface area contributed by atoms with Gasteiger partial charge in [-0.3, -0.25) is 9.78 Å². The van der Waals surface area contributed by atoms with Gasteiger partial charge in [-0.25, -0.2) is 8.78 Å². The minimum absolute atomic E-state index is 0.0343. The fourth-order valence-corrected chi connectivity index (χ4v) is 1.33. The number of pyridine rings is 1. The highest BCUT2D eigenvalue weighted by atomic mass is 19.3. The van der Waals surface area contributed by atoms with Gasteiger partial charge in [0.05, 0.1) is 41.9 Å². The van der Waals surface area contributed by atoms with Crippen molar-refractivity contribution in [3.05, 3.63) is 17.5 Å². The van der Waals surface area contributed by atoms with Crippen LogP contribution in [0.3, 0.4) is 0 Å². The van der Waals surface area contributed by atoms with Crippen molar-refractivity contribution in [2.45, 2.75) is 19.8 Å². The van der Waals surface area contributed by atoms with Crippen molar-refractivity contribution >= 4 is 17.3 Å². The lowest BCUT2D eigenvalue weighted by Gasteiger charge is -2.12. The Bertz CT molecular complexity index is 424. The van der Waals surface area contributed by atoms with Gasteiger partial charge >= 0.3 is 5.97 Å². The second kappa shape index (κ2) is 5.42. The van der Waals surface area contributed by atoms with E-state index in [-0.39, 0.29) is 30.1 Å². The third-order valence-electron chi connectivity index (χ3n) is 2.11. The van der Waals surface area contributed by atoms with Crippen LogP contribution >= 0.6 is 0 Å². The van der Waals surface area contributed by atoms with E-state index in [1.54, 1.807) is 6.92 Å². The topological polar surface area (TPSA) is 91.2 Å². The Kier molecular flexibility index (Phi) is 4.19. The summed E-state index contributed by atoms with van der Waals surface area (Å²) in [7, 11) is 0. The average molecular weight is 245 g/mol. The molecule has 7 heteroatoms. The summed E-state index contributed by atoms with van der Waals surface area (Å²) >= 11 is 0. The SMILES string of the molecule is CCOC(=O)Cc1ncc(N)c(N)c1C(F)F. The first-order valence-electron chi connectivity index (χ1n) is 4.93. The predicted molar refractivity (Wildman–Crippen MR) is 58.4 cm³/mol. The van der Waals surface area contributed by atoms with Crippen molar-refractivity contribution in [2.75, 3.05) is 18.1 Å². The van der Waals surface area contributed by atoms with Crippen molar-refractivity contribution in [2.24, 2.45) is 0 Å². The van der Waals surface area contributed by atoms with Crippen molar-refractivity contribution in [3.63, 3.8) is 0 Å². The Morgan fingerprint density at radius 2 is 2.18 bits per heavy atom. The molecule has 0 saturated heterocycles. The summed E-state index contributed by atoms with van der Waals surface area (Å²) in [5, 5.41) is 0. The molecule has 0 atom stereocenters. The number of rotatable bonds is 4. The highest BCUT2D eigenvalue weighted by molar-refractivity contribution is 5.75. The van der Waals surface area contributed by atoms with E-state index in [2.05, 4.69) is 9.72 Å². The number of anilines is 2.